The number of benzene rings is 2. The van der Waals surface area contributed by atoms with Gasteiger partial charge in [-0.25, -0.2) is 0 Å². The predicted molar refractivity (Wildman–Crippen MR) is 91.3 cm³/mol. The molecule has 1 aromatic heterocycles. The van der Waals surface area contributed by atoms with E-state index in [1.165, 1.54) is 0 Å². The Balaban J connectivity index is 1.92. The van der Waals surface area contributed by atoms with Gasteiger partial charge in [-0.15, -0.1) is 0 Å². The standard InChI is InChI=1S/C17H12BrClN2O/c18-14-5-3-13(4-6-14)17-9-16(11-22)21(20-17)10-12-1-7-15(19)8-2-12/h1-9,11H,10H2. The highest BCUT2D eigenvalue weighted by Crippen LogP contribution is 2.22. The van der Waals surface area contributed by atoms with Gasteiger partial charge in [0.1, 0.15) is 5.69 Å². The number of rotatable bonds is 4. The molecule has 0 fully saturated rings. The molecule has 0 aliphatic heterocycles. The van der Waals surface area contributed by atoms with Gasteiger partial charge in [0.15, 0.2) is 6.29 Å². The van der Waals surface area contributed by atoms with E-state index in [4.69, 9.17) is 11.6 Å². The van der Waals surface area contributed by atoms with Gasteiger partial charge in [0.05, 0.1) is 12.2 Å². The van der Waals surface area contributed by atoms with Gasteiger partial charge in [-0.2, -0.15) is 5.10 Å². The fraction of sp³-hybridized carbons (Fsp3) is 0.0588. The monoisotopic (exact) mass is 374 g/mol. The third-order valence-corrected chi connectivity index (χ3v) is 4.10. The Kier molecular flexibility index (Phi) is 4.41. The van der Waals surface area contributed by atoms with Crippen molar-refractivity contribution >= 4 is 33.8 Å². The molecule has 0 bridgehead atoms. The van der Waals surface area contributed by atoms with Crippen LogP contribution in [-0.2, 0) is 6.54 Å². The molecule has 3 nitrogen and oxygen atoms in total. The minimum atomic E-state index is 0.530. The summed E-state index contributed by atoms with van der Waals surface area (Å²) in [7, 11) is 0. The summed E-state index contributed by atoms with van der Waals surface area (Å²) in [4.78, 5) is 11.3. The summed E-state index contributed by atoms with van der Waals surface area (Å²) in [5.41, 5.74) is 3.34. The van der Waals surface area contributed by atoms with Crippen molar-refractivity contribution in [2.24, 2.45) is 0 Å². The van der Waals surface area contributed by atoms with Crippen molar-refractivity contribution in [2.75, 3.05) is 0 Å². The van der Waals surface area contributed by atoms with Gasteiger partial charge in [-0.1, -0.05) is 51.8 Å². The zero-order valence-electron chi connectivity index (χ0n) is 11.5. The molecule has 0 amide bonds. The van der Waals surface area contributed by atoms with E-state index in [2.05, 4.69) is 21.0 Å². The van der Waals surface area contributed by atoms with Crippen LogP contribution < -0.4 is 0 Å². The third kappa shape index (κ3) is 3.29. The molecule has 22 heavy (non-hydrogen) atoms. The lowest BCUT2D eigenvalue weighted by Gasteiger charge is -2.04. The highest BCUT2D eigenvalue weighted by Gasteiger charge is 2.09. The molecule has 110 valence electrons. The van der Waals surface area contributed by atoms with Crippen molar-refractivity contribution in [2.45, 2.75) is 6.54 Å². The number of aromatic nitrogens is 2. The Hall–Kier alpha value is -1.91. The first-order valence-corrected chi connectivity index (χ1v) is 7.86. The van der Waals surface area contributed by atoms with Crippen molar-refractivity contribution in [3.05, 3.63) is 75.4 Å². The van der Waals surface area contributed by atoms with Crippen molar-refractivity contribution in [3.8, 4) is 11.3 Å². The molecule has 1 heterocycles. The molecule has 0 atom stereocenters. The van der Waals surface area contributed by atoms with Crippen LogP contribution >= 0.6 is 27.5 Å². The summed E-state index contributed by atoms with van der Waals surface area (Å²) in [5.74, 6) is 0. The molecular weight excluding hydrogens is 364 g/mol. The van der Waals surface area contributed by atoms with Gasteiger partial charge in [-0.3, -0.25) is 9.48 Å². The lowest BCUT2D eigenvalue weighted by atomic mass is 10.1. The minimum Gasteiger partial charge on any atom is -0.296 e. The molecule has 0 saturated carbocycles. The van der Waals surface area contributed by atoms with E-state index in [0.717, 1.165) is 27.6 Å². The van der Waals surface area contributed by atoms with Gasteiger partial charge >= 0.3 is 0 Å². The number of aldehydes is 1. The summed E-state index contributed by atoms with van der Waals surface area (Å²) in [6.45, 7) is 0.530. The number of halogens is 2. The lowest BCUT2D eigenvalue weighted by molar-refractivity contribution is 0.111. The number of carbonyl (C=O) groups excluding carboxylic acids is 1. The number of hydrogen-bond donors (Lipinski definition) is 0. The molecule has 3 rings (SSSR count). The largest absolute Gasteiger partial charge is 0.296 e. The first-order valence-electron chi connectivity index (χ1n) is 6.69. The van der Waals surface area contributed by atoms with Crippen LogP contribution in [0.1, 0.15) is 16.1 Å². The van der Waals surface area contributed by atoms with E-state index in [1.54, 1.807) is 10.7 Å². The van der Waals surface area contributed by atoms with Crippen LogP contribution in [0.15, 0.2) is 59.1 Å². The Bertz CT molecular complexity index is 795. The molecule has 0 aliphatic rings. The van der Waals surface area contributed by atoms with E-state index >= 15 is 0 Å². The van der Waals surface area contributed by atoms with E-state index < -0.39 is 0 Å². The zero-order valence-corrected chi connectivity index (χ0v) is 13.9. The maximum absolute atomic E-state index is 11.3. The van der Waals surface area contributed by atoms with E-state index in [1.807, 2.05) is 48.5 Å². The van der Waals surface area contributed by atoms with Gasteiger partial charge in [0.2, 0.25) is 0 Å². The summed E-state index contributed by atoms with van der Waals surface area (Å²) in [6.07, 6.45) is 0.825. The molecule has 0 aliphatic carbocycles. The van der Waals surface area contributed by atoms with Crippen LogP contribution in [-0.4, -0.2) is 16.1 Å². The fourth-order valence-corrected chi connectivity index (χ4v) is 2.57. The van der Waals surface area contributed by atoms with Crippen molar-refractivity contribution in [1.29, 1.82) is 0 Å². The van der Waals surface area contributed by atoms with E-state index in [-0.39, 0.29) is 0 Å². The maximum atomic E-state index is 11.3. The van der Waals surface area contributed by atoms with Crippen molar-refractivity contribution < 1.29 is 4.79 Å². The molecule has 2 aromatic carbocycles. The minimum absolute atomic E-state index is 0.530. The fourth-order valence-electron chi connectivity index (χ4n) is 2.18. The van der Waals surface area contributed by atoms with Gasteiger partial charge < -0.3 is 0 Å². The topological polar surface area (TPSA) is 34.9 Å². The molecule has 0 unspecified atom stereocenters. The Morgan fingerprint density at radius 3 is 2.41 bits per heavy atom. The van der Waals surface area contributed by atoms with Gasteiger partial charge in [0, 0.05) is 15.1 Å². The van der Waals surface area contributed by atoms with Gasteiger partial charge in [0.25, 0.3) is 0 Å². The maximum Gasteiger partial charge on any atom is 0.168 e. The van der Waals surface area contributed by atoms with E-state index in [9.17, 15) is 4.79 Å². The predicted octanol–water partition coefficient (Wildman–Crippen LogP) is 4.83. The summed E-state index contributed by atoms with van der Waals surface area (Å²) in [6, 6.07) is 17.2. The average molecular weight is 376 g/mol. The third-order valence-electron chi connectivity index (χ3n) is 3.32. The lowest BCUT2D eigenvalue weighted by Crippen LogP contribution is -2.05. The second kappa shape index (κ2) is 6.46. The first kappa shape index (κ1) is 15.0. The highest BCUT2D eigenvalue weighted by molar-refractivity contribution is 9.10. The smallest absolute Gasteiger partial charge is 0.168 e. The SMILES string of the molecule is O=Cc1cc(-c2ccc(Br)cc2)nn1Cc1ccc(Cl)cc1. The van der Waals surface area contributed by atoms with Crippen LogP contribution in [0.2, 0.25) is 5.02 Å². The molecule has 0 radical (unpaired) electrons. The number of carbonyl (C=O) groups is 1. The molecule has 0 spiro atoms. The van der Waals surface area contributed by atoms with Crippen LogP contribution in [0.25, 0.3) is 11.3 Å². The second-order valence-corrected chi connectivity index (χ2v) is 6.22. The average Bonchev–Trinajstić information content (AvgIpc) is 2.93. The van der Waals surface area contributed by atoms with Crippen LogP contribution in [0.3, 0.4) is 0 Å². The Labute approximate surface area is 141 Å². The zero-order chi connectivity index (χ0) is 15.5. The van der Waals surface area contributed by atoms with Crippen LogP contribution in [0.5, 0.6) is 0 Å². The molecular formula is C17H12BrClN2O. The number of nitrogens with zero attached hydrogens (tertiary/aromatic N) is 2. The Morgan fingerprint density at radius 1 is 1.09 bits per heavy atom. The quantitative estimate of drug-likeness (QED) is 0.612. The van der Waals surface area contributed by atoms with Crippen molar-refractivity contribution in [3.63, 3.8) is 0 Å². The van der Waals surface area contributed by atoms with Crippen LogP contribution in [0.4, 0.5) is 0 Å². The molecule has 0 N–H and O–H groups in total. The summed E-state index contributed by atoms with van der Waals surface area (Å²) < 4.78 is 2.71. The normalized spacial score (nSPS) is 10.6. The number of hydrogen-bond acceptors (Lipinski definition) is 2. The highest BCUT2D eigenvalue weighted by atomic mass is 79.9. The van der Waals surface area contributed by atoms with E-state index in [0.29, 0.717) is 17.3 Å². The molecule has 0 saturated heterocycles. The Morgan fingerprint density at radius 2 is 1.77 bits per heavy atom. The molecule has 3 aromatic rings. The van der Waals surface area contributed by atoms with Gasteiger partial charge in [-0.05, 0) is 35.9 Å². The molecule has 5 heteroatoms. The summed E-state index contributed by atoms with van der Waals surface area (Å²) >= 11 is 9.30. The second-order valence-electron chi connectivity index (χ2n) is 4.86. The van der Waals surface area contributed by atoms with Crippen LogP contribution in [0, 0.1) is 0 Å². The van der Waals surface area contributed by atoms with Crippen molar-refractivity contribution in [1.82, 2.24) is 9.78 Å². The first-order chi connectivity index (χ1) is 10.7. The summed E-state index contributed by atoms with van der Waals surface area (Å²) in [5, 5.41) is 5.23.